The van der Waals surface area contributed by atoms with Crippen LogP contribution in [0.15, 0.2) is 30.5 Å². The van der Waals surface area contributed by atoms with Crippen LogP contribution in [0.4, 0.5) is 5.69 Å². The van der Waals surface area contributed by atoms with Crippen molar-refractivity contribution in [1.29, 1.82) is 0 Å². The second-order valence-corrected chi connectivity index (χ2v) is 5.69. The average Bonchev–Trinajstić information content (AvgIpc) is 2.45. The number of hydrogen-bond donors (Lipinski definition) is 1. The van der Waals surface area contributed by atoms with Crippen molar-refractivity contribution in [3.63, 3.8) is 0 Å². The fraction of sp³-hybridized carbons (Fsp3) is 0.438. The van der Waals surface area contributed by atoms with Gasteiger partial charge in [-0.2, -0.15) is 0 Å². The SMILES string of the molecule is COc1ccc(N2CC(N)C[C@H](C)C2)c2cccnc12. The lowest BCUT2D eigenvalue weighted by Crippen LogP contribution is -2.46. The van der Waals surface area contributed by atoms with Crippen molar-refractivity contribution in [3.05, 3.63) is 30.5 Å². The molecule has 20 heavy (non-hydrogen) atoms. The van der Waals surface area contributed by atoms with Crippen molar-refractivity contribution >= 4 is 16.6 Å². The molecule has 4 heteroatoms. The summed E-state index contributed by atoms with van der Waals surface area (Å²) in [4.78, 5) is 6.84. The Balaban J connectivity index is 2.08. The van der Waals surface area contributed by atoms with Crippen LogP contribution in [0.5, 0.6) is 5.75 Å². The standard InChI is InChI=1S/C16H21N3O/c1-11-8-12(17)10-19(9-11)14-5-6-15(20-2)16-13(14)4-3-7-18-16/h3-7,11-12H,8-10,17H2,1-2H3/t11-,12?/m0/s1. The van der Waals surface area contributed by atoms with Gasteiger partial charge in [-0.3, -0.25) is 4.98 Å². The summed E-state index contributed by atoms with van der Waals surface area (Å²) in [6, 6.07) is 8.43. The van der Waals surface area contributed by atoms with Crippen molar-refractivity contribution in [3.8, 4) is 5.75 Å². The molecule has 2 heterocycles. The molecule has 3 rings (SSSR count). The molecule has 4 nitrogen and oxygen atoms in total. The molecular formula is C16H21N3O. The first-order chi connectivity index (χ1) is 9.69. The molecule has 1 aliphatic heterocycles. The monoisotopic (exact) mass is 271 g/mol. The van der Waals surface area contributed by atoms with Gasteiger partial charge in [0.1, 0.15) is 11.3 Å². The highest BCUT2D eigenvalue weighted by atomic mass is 16.5. The summed E-state index contributed by atoms with van der Waals surface area (Å²) in [5, 5.41) is 1.13. The van der Waals surface area contributed by atoms with Crippen LogP contribution in [0.1, 0.15) is 13.3 Å². The molecule has 0 aliphatic carbocycles. The Morgan fingerprint density at radius 1 is 1.30 bits per heavy atom. The minimum atomic E-state index is 0.243. The Morgan fingerprint density at radius 3 is 2.90 bits per heavy atom. The first kappa shape index (κ1) is 13.2. The fourth-order valence-corrected chi connectivity index (χ4v) is 3.17. The van der Waals surface area contributed by atoms with E-state index in [9.17, 15) is 0 Å². The first-order valence-electron chi connectivity index (χ1n) is 7.11. The molecule has 0 spiro atoms. The number of rotatable bonds is 2. The third-order valence-corrected chi connectivity index (χ3v) is 3.96. The Bertz CT molecular complexity index is 604. The van der Waals surface area contributed by atoms with Crippen LogP contribution in [0.3, 0.4) is 0 Å². The molecule has 0 bridgehead atoms. The zero-order chi connectivity index (χ0) is 14.1. The number of nitrogens with zero attached hydrogens (tertiary/aromatic N) is 2. The molecule has 1 fully saturated rings. The van der Waals surface area contributed by atoms with Crippen LogP contribution in [-0.2, 0) is 0 Å². The summed E-state index contributed by atoms with van der Waals surface area (Å²) in [5.41, 5.74) is 8.29. The van der Waals surface area contributed by atoms with Crippen molar-refractivity contribution in [2.75, 3.05) is 25.1 Å². The van der Waals surface area contributed by atoms with Crippen LogP contribution < -0.4 is 15.4 Å². The molecule has 106 valence electrons. The van der Waals surface area contributed by atoms with Crippen LogP contribution in [0.2, 0.25) is 0 Å². The molecule has 1 aliphatic rings. The van der Waals surface area contributed by atoms with E-state index in [4.69, 9.17) is 10.5 Å². The summed E-state index contributed by atoms with van der Waals surface area (Å²) < 4.78 is 5.41. The number of pyridine rings is 1. The summed E-state index contributed by atoms with van der Waals surface area (Å²) in [6.45, 7) is 4.21. The highest BCUT2D eigenvalue weighted by molar-refractivity contribution is 5.95. The summed E-state index contributed by atoms with van der Waals surface area (Å²) in [5.74, 6) is 1.44. The Kier molecular flexibility index (Phi) is 3.49. The van der Waals surface area contributed by atoms with E-state index in [1.807, 2.05) is 12.1 Å². The molecule has 0 saturated carbocycles. The van der Waals surface area contributed by atoms with Crippen LogP contribution >= 0.6 is 0 Å². The van der Waals surface area contributed by atoms with Gasteiger partial charge in [-0.1, -0.05) is 6.92 Å². The lowest BCUT2D eigenvalue weighted by atomic mass is 9.95. The number of ether oxygens (including phenoxy) is 1. The number of piperidine rings is 1. The van der Waals surface area contributed by atoms with Crippen molar-refractivity contribution in [1.82, 2.24) is 4.98 Å². The van der Waals surface area contributed by atoms with Crippen LogP contribution in [-0.4, -0.2) is 31.2 Å². The van der Waals surface area contributed by atoms with Gasteiger partial charge >= 0.3 is 0 Å². The van der Waals surface area contributed by atoms with E-state index >= 15 is 0 Å². The lowest BCUT2D eigenvalue weighted by molar-refractivity contribution is 0.402. The Hall–Kier alpha value is -1.81. The van der Waals surface area contributed by atoms with Gasteiger partial charge in [0.15, 0.2) is 0 Å². The van der Waals surface area contributed by atoms with Gasteiger partial charge in [0.2, 0.25) is 0 Å². The van der Waals surface area contributed by atoms with E-state index in [0.717, 1.165) is 36.2 Å². The van der Waals surface area contributed by atoms with E-state index < -0.39 is 0 Å². The highest BCUT2D eigenvalue weighted by Gasteiger charge is 2.24. The number of hydrogen-bond acceptors (Lipinski definition) is 4. The van der Waals surface area contributed by atoms with Gasteiger partial charge in [-0.15, -0.1) is 0 Å². The second kappa shape index (κ2) is 5.29. The summed E-state index contributed by atoms with van der Waals surface area (Å²) >= 11 is 0. The van der Waals surface area contributed by atoms with Gasteiger partial charge in [0.25, 0.3) is 0 Å². The predicted molar refractivity (Wildman–Crippen MR) is 82.3 cm³/mol. The lowest BCUT2D eigenvalue weighted by Gasteiger charge is -2.37. The summed E-state index contributed by atoms with van der Waals surface area (Å²) in [6.07, 6.45) is 2.90. The van der Waals surface area contributed by atoms with E-state index in [0.29, 0.717) is 5.92 Å². The molecular weight excluding hydrogens is 250 g/mol. The van der Waals surface area contributed by atoms with Crippen molar-refractivity contribution in [2.24, 2.45) is 11.7 Å². The zero-order valence-electron chi connectivity index (χ0n) is 12.0. The van der Waals surface area contributed by atoms with Gasteiger partial charge < -0.3 is 15.4 Å². The zero-order valence-corrected chi connectivity index (χ0v) is 12.0. The number of fused-ring (bicyclic) bond motifs is 1. The van der Waals surface area contributed by atoms with Crippen molar-refractivity contribution < 1.29 is 4.74 Å². The molecule has 2 aromatic rings. The van der Waals surface area contributed by atoms with E-state index in [1.165, 1.54) is 5.69 Å². The number of nitrogens with two attached hydrogens (primary N) is 1. The minimum absolute atomic E-state index is 0.243. The molecule has 2 atom stereocenters. The molecule has 1 aromatic carbocycles. The van der Waals surface area contributed by atoms with Crippen LogP contribution in [0, 0.1) is 5.92 Å². The minimum Gasteiger partial charge on any atom is -0.494 e. The Morgan fingerprint density at radius 2 is 2.15 bits per heavy atom. The van der Waals surface area contributed by atoms with Gasteiger partial charge in [-0.25, -0.2) is 0 Å². The van der Waals surface area contributed by atoms with E-state index in [1.54, 1.807) is 13.3 Å². The molecule has 1 aromatic heterocycles. The second-order valence-electron chi connectivity index (χ2n) is 5.69. The topological polar surface area (TPSA) is 51.4 Å². The first-order valence-corrected chi connectivity index (χ1v) is 7.11. The smallest absolute Gasteiger partial charge is 0.145 e. The fourth-order valence-electron chi connectivity index (χ4n) is 3.17. The normalized spacial score (nSPS) is 23.1. The third kappa shape index (κ3) is 2.31. The molecule has 2 N–H and O–H groups in total. The molecule has 1 unspecified atom stereocenters. The van der Waals surface area contributed by atoms with Crippen LogP contribution in [0.25, 0.3) is 10.9 Å². The molecule has 0 amide bonds. The third-order valence-electron chi connectivity index (χ3n) is 3.96. The maximum atomic E-state index is 6.17. The predicted octanol–water partition coefficient (Wildman–Crippen LogP) is 2.42. The van der Waals surface area contributed by atoms with Crippen molar-refractivity contribution in [2.45, 2.75) is 19.4 Å². The average molecular weight is 271 g/mol. The number of aromatic nitrogens is 1. The maximum Gasteiger partial charge on any atom is 0.145 e. The summed E-state index contributed by atoms with van der Waals surface area (Å²) in [7, 11) is 1.68. The van der Waals surface area contributed by atoms with Gasteiger partial charge in [0, 0.05) is 36.4 Å². The molecule has 1 saturated heterocycles. The largest absolute Gasteiger partial charge is 0.494 e. The van der Waals surface area contributed by atoms with Gasteiger partial charge in [0.05, 0.1) is 7.11 Å². The van der Waals surface area contributed by atoms with Gasteiger partial charge in [-0.05, 0) is 36.6 Å². The quantitative estimate of drug-likeness (QED) is 0.911. The molecule has 0 radical (unpaired) electrons. The maximum absolute atomic E-state index is 6.17. The van der Waals surface area contributed by atoms with E-state index in [2.05, 4.69) is 28.9 Å². The number of methoxy groups -OCH3 is 1. The number of benzene rings is 1. The Labute approximate surface area is 119 Å². The van der Waals surface area contributed by atoms with E-state index in [-0.39, 0.29) is 6.04 Å². The number of anilines is 1. The highest BCUT2D eigenvalue weighted by Crippen LogP contribution is 2.33.